The van der Waals surface area contributed by atoms with Gasteiger partial charge in [0.25, 0.3) is 0 Å². The summed E-state index contributed by atoms with van der Waals surface area (Å²) in [5.41, 5.74) is 0. The number of rotatable bonds is 5. The normalized spacial score (nSPS) is 20.4. The maximum absolute atomic E-state index is 12.7. The van der Waals surface area contributed by atoms with Crippen molar-refractivity contribution in [3.8, 4) is 5.75 Å². The number of hydrogen-bond acceptors (Lipinski definition) is 4. The molecule has 1 aromatic carbocycles. The van der Waals surface area contributed by atoms with E-state index in [2.05, 4.69) is 10.1 Å². The van der Waals surface area contributed by atoms with Gasteiger partial charge in [-0.3, -0.25) is 0 Å². The van der Waals surface area contributed by atoms with Crippen LogP contribution >= 0.6 is 0 Å². The van der Waals surface area contributed by atoms with Crippen LogP contribution in [0.3, 0.4) is 0 Å². The molecular formula is C14H19F3N2O3S. The predicted molar refractivity (Wildman–Crippen MR) is 78.5 cm³/mol. The van der Waals surface area contributed by atoms with E-state index in [1.165, 1.54) is 16.4 Å². The minimum atomic E-state index is -4.94. The number of halogens is 3. The predicted octanol–water partition coefficient (Wildman–Crippen LogP) is 2.21. The van der Waals surface area contributed by atoms with Crippen LogP contribution in [0.5, 0.6) is 5.75 Å². The number of sulfonamides is 1. The number of nitrogens with one attached hydrogen (secondary N) is 1. The summed E-state index contributed by atoms with van der Waals surface area (Å²) in [7, 11) is -2.26. The summed E-state index contributed by atoms with van der Waals surface area (Å²) in [5.74, 6) is -0.560. The number of ether oxygens (including phenoxy) is 1. The molecule has 130 valence electrons. The van der Waals surface area contributed by atoms with Crippen molar-refractivity contribution in [2.45, 2.75) is 24.1 Å². The largest absolute Gasteiger partial charge is 0.573 e. The summed E-state index contributed by atoms with van der Waals surface area (Å²) >= 11 is 0. The van der Waals surface area contributed by atoms with Crippen LogP contribution in [-0.2, 0) is 10.0 Å². The Bertz CT molecular complexity index is 632. The van der Waals surface area contributed by atoms with Crippen molar-refractivity contribution in [1.82, 2.24) is 9.62 Å². The molecule has 0 aromatic heterocycles. The van der Waals surface area contributed by atoms with Gasteiger partial charge in [-0.2, -0.15) is 4.31 Å². The second-order valence-electron chi connectivity index (χ2n) is 5.42. The van der Waals surface area contributed by atoms with Crippen LogP contribution in [-0.4, -0.2) is 45.8 Å². The van der Waals surface area contributed by atoms with Crippen molar-refractivity contribution >= 4 is 10.0 Å². The molecule has 23 heavy (non-hydrogen) atoms. The number of piperidine rings is 1. The van der Waals surface area contributed by atoms with Crippen LogP contribution in [0.1, 0.15) is 12.8 Å². The zero-order chi connectivity index (χ0) is 17.1. The molecule has 9 heteroatoms. The first-order chi connectivity index (χ1) is 10.7. The third-order valence-corrected chi connectivity index (χ3v) is 5.57. The Labute approximate surface area is 133 Å². The van der Waals surface area contributed by atoms with E-state index in [-0.39, 0.29) is 12.5 Å². The van der Waals surface area contributed by atoms with E-state index >= 15 is 0 Å². The first-order valence-electron chi connectivity index (χ1n) is 7.23. The van der Waals surface area contributed by atoms with Crippen LogP contribution in [0.25, 0.3) is 0 Å². The van der Waals surface area contributed by atoms with Gasteiger partial charge in [-0.1, -0.05) is 12.1 Å². The summed E-state index contributed by atoms with van der Waals surface area (Å²) in [4.78, 5) is -0.456. The maximum Gasteiger partial charge on any atom is 0.573 e. The third-order valence-electron chi connectivity index (χ3n) is 3.67. The van der Waals surface area contributed by atoms with Gasteiger partial charge in [0, 0.05) is 13.1 Å². The fourth-order valence-corrected chi connectivity index (χ4v) is 4.38. The van der Waals surface area contributed by atoms with E-state index in [0.717, 1.165) is 18.6 Å². The zero-order valence-electron chi connectivity index (χ0n) is 12.6. The Morgan fingerprint density at radius 2 is 2.04 bits per heavy atom. The van der Waals surface area contributed by atoms with Gasteiger partial charge in [0.15, 0.2) is 0 Å². The zero-order valence-corrected chi connectivity index (χ0v) is 13.5. The summed E-state index contributed by atoms with van der Waals surface area (Å²) in [6.45, 7) is 1.24. The molecule has 0 radical (unpaired) electrons. The number of nitrogens with zero attached hydrogens (tertiary/aromatic N) is 1. The van der Waals surface area contributed by atoms with Gasteiger partial charge < -0.3 is 10.1 Å². The molecular weight excluding hydrogens is 333 g/mol. The summed E-state index contributed by atoms with van der Waals surface area (Å²) in [5, 5.41) is 3.00. The highest BCUT2D eigenvalue weighted by Crippen LogP contribution is 2.32. The van der Waals surface area contributed by atoms with Crippen molar-refractivity contribution in [1.29, 1.82) is 0 Å². The Morgan fingerprint density at radius 1 is 1.35 bits per heavy atom. The van der Waals surface area contributed by atoms with Crippen molar-refractivity contribution in [2.24, 2.45) is 5.92 Å². The van der Waals surface area contributed by atoms with E-state index in [0.29, 0.717) is 19.5 Å². The van der Waals surface area contributed by atoms with Gasteiger partial charge in [-0.15, -0.1) is 13.2 Å². The molecule has 0 spiro atoms. The molecule has 1 saturated heterocycles. The van der Waals surface area contributed by atoms with Crippen LogP contribution in [0, 0.1) is 5.92 Å². The lowest BCUT2D eigenvalue weighted by Crippen LogP contribution is -2.42. The Balaban J connectivity index is 2.29. The van der Waals surface area contributed by atoms with E-state index in [4.69, 9.17) is 0 Å². The fourth-order valence-electron chi connectivity index (χ4n) is 2.71. The molecule has 1 fully saturated rings. The molecule has 0 unspecified atom stereocenters. The molecule has 1 aromatic rings. The third kappa shape index (κ3) is 4.58. The molecule has 0 aliphatic carbocycles. The van der Waals surface area contributed by atoms with Crippen LogP contribution in [0.4, 0.5) is 13.2 Å². The highest BCUT2D eigenvalue weighted by Gasteiger charge is 2.36. The molecule has 1 heterocycles. The second-order valence-corrected chi connectivity index (χ2v) is 7.33. The summed E-state index contributed by atoms with van der Waals surface area (Å²) < 4.78 is 67.9. The lowest BCUT2D eigenvalue weighted by molar-refractivity contribution is -0.275. The Morgan fingerprint density at radius 3 is 2.70 bits per heavy atom. The first kappa shape index (κ1) is 18.0. The maximum atomic E-state index is 12.7. The SMILES string of the molecule is CNC[C@@H]1CCCN(S(=O)(=O)c2ccccc2OC(F)(F)F)C1. The smallest absolute Gasteiger partial charge is 0.404 e. The number of para-hydroxylation sites is 1. The van der Waals surface area contributed by atoms with E-state index in [9.17, 15) is 21.6 Å². The molecule has 1 N–H and O–H groups in total. The highest BCUT2D eigenvalue weighted by molar-refractivity contribution is 7.89. The van der Waals surface area contributed by atoms with Gasteiger partial charge in [0.1, 0.15) is 10.6 Å². The van der Waals surface area contributed by atoms with E-state index in [1.807, 2.05) is 0 Å². The molecule has 2 rings (SSSR count). The van der Waals surface area contributed by atoms with E-state index in [1.54, 1.807) is 7.05 Å². The average molecular weight is 352 g/mol. The molecule has 1 atom stereocenters. The van der Waals surface area contributed by atoms with Crippen molar-refractivity contribution in [3.05, 3.63) is 24.3 Å². The number of benzene rings is 1. The Kier molecular flexibility index (Phi) is 5.53. The summed E-state index contributed by atoms with van der Waals surface area (Å²) in [6.07, 6.45) is -3.39. The van der Waals surface area contributed by atoms with Crippen molar-refractivity contribution < 1.29 is 26.3 Å². The van der Waals surface area contributed by atoms with Gasteiger partial charge in [-0.05, 0) is 44.5 Å². The average Bonchev–Trinajstić information content (AvgIpc) is 2.46. The minimum Gasteiger partial charge on any atom is -0.404 e. The van der Waals surface area contributed by atoms with Crippen molar-refractivity contribution in [3.63, 3.8) is 0 Å². The summed E-state index contributed by atoms with van der Waals surface area (Å²) in [6, 6.07) is 4.83. The number of hydrogen-bond donors (Lipinski definition) is 1. The highest BCUT2D eigenvalue weighted by atomic mass is 32.2. The topological polar surface area (TPSA) is 58.6 Å². The minimum absolute atomic E-state index is 0.138. The lowest BCUT2D eigenvalue weighted by Gasteiger charge is -2.32. The Hall–Kier alpha value is -1.32. The fraction of sp³-hybridized carbons (Fsp3) is 0.571. The first-order valence-corrected chi connectivity index (χ1v) is 8.67. The van der Waals surface area contributed by atoms with Crippen LogP contribution in [0.2, 0.25) is 0 Å². The quantitative estimate of drug-likeness (QED) is 0.883. The molecule has 0 amide bonds. The molecule has 0 saturated carbocycles. The standard InChI is InChI=1S/C14H19F3N2O3S/c1-18-9-11-5-4-8-19(10-11)23(20,21)13-7-3-2-6-12(13)22-14(15,16)17/h2-3,6-7,11,18H,4-5,8-10H2,1H3/t11-/m0/s1. The number of alkyl halides is 3. The molecule has 1 aliphatic rings. The van der Waals surface area contributed by atoms with Crippen LogP contribution < -0.4 is 10.1 Å². The van der Waals surface area contributed by atoms with Crippen LogP contribution in [0.15, 0.2) is 29.2 Å². The van der Waals surface area contributed by atoms with Gasteiger partial charge in [0.05, 0.1) is 0 Å². The van der Waals surface area contributed by atoms with Crippen molar-refractivity contribution in [2.75, 3.05) is 26.7 Å². The second kappa shape index (κ2) is 7.06. The van der Waals surface area contributed by atoms with Gasteiger partial charge in [0.2, 0.25) is 10.0 Å². The lowest BCUT2D eigenvalue weighted by atomic mass is 10.00. The monoisotopic (exact) mass is 352 g/mol. The van der Waals surface area contributed by atoms with E-state index < -0.39 is 27.0 Å². The molecule has 5 nitrogen and oxygen atoms in total. The molecule has 0 bridgehead atoms. The van der Waals surface area contributed by atoms with Gasteiger partial charge in [-0.25, -0.2) is 8.42 Å². The molecule has 1 aliphatic heterocycles. The van der Waals surface area contributed by atoms with Gasteiger partial charge >= 0.3 is 6.36 Å².